The summed E-state index contributed by atoms with van der Waals surface area (Å²) in [7, 11) is 0. The smallest absolute Gasteiger partial charge is 0.0327 e. The lowest BCUT2D eigenvalue weighted by Gasteiger charge is -2.34. The zero-order chi connectivity index (χ0) is 11.4. The number of piperidine rings is 1. The highest BCUT2D eigenvalue weighted by molar-refractivity contribution is 9.10. The summed E-state index contributed by atoms with van der Waals surface area (Å²) < 4.78 is 1.24. The fourth-order valence-electron chi connectivity index (χ4n) is 2.14. The predicted octanol–water partition coefficient (Wildman–Crippen LogP) is 2.99. The maximum atomic E-state index is 3.59. The Morgan fingerprint density at radius 2 is 2.25 bits per heavy atom. The summed E-state index contributed by atoms with van der Waals surface area (Å²) >= 11 is 5.38. The Bertz CT molecular complexity index is 332. The van der Waals surface area contributed by atoms with Crippen LogP contribution in [0.15, 0.2) is 15.9 Å². The van der Waals surface area contributed by atoms with E-state index in [4.69, 9.17) is 0 Å². The number of rotatable bonds is 4. The van der Waals surface area contributed by atoms with Gasteiger partial charge in [0.2, 0.25) is 0 Å². The van der Waals surface area contributed by atoms with E-state index >= 15 is 0 Å². The fourth-order valence-corrected chi connectivity index (χ4v) is 3.60. The summed E-state index contributed by atoms with van der Waals surface area (Å²) in [5.41, 5.74) is 0.481. The zero-order valence-electron chi connectivity index (χ0n) is 9.68. The quantitative estimate of drug-likeness (QED) is 0.893. The second-order valence-corrected chi connectivity index (χ2v) is 6.71. The highest BCUT2D eigenvalue weighted by Crippen LogP contribution is 2.27. The molecule has 0 atom stereocenters. The van der Waals surface area contributed by atoms with Crippen molar-refractivity contribution < 1.29 is 0 Å². The molecule has 0 amide bonds. The van der Waals surface area contributed by atoms with E-state index < -0.39 is 0 Å². The van der Waals surface area contributed by atoms with Crippen LogP contribution in [0.25, 0.3) is 0 Å². The summed E-state index contributed by atoms with van der Waals surface area (Å²) in [5, 5.41) is 9.14. The Labute approximate surface area is 110 Å². The molecule has 1 aromatic rings. The van der Waals surface area contributed by atoms with Crippen molar-refractivity contribution in [3.05, 3.63) is 20.8 Å². The maximum Gasteiger partial charge on any atom is 0.0327 e. The van der Waals surface area contributed by atoms with Crippen molar-refractivity contribution in [3.63, 3.8) is 0 Å². The van der Waals surface area contributed by atoms with Gasteiger partial charge in [-0.05, 0) is 58.7 Å². The molecule has 0 aromatic carbocycles. The van der Waals surface area contributed by atoms with Gasteiger partial charge in [0, 0.05) is 22.4 Å². The zero-order valence-corrected chi connectivity index (χ0v) is 12.1. The van der Waals surface area contributed by atoms with Gasteiger partial charge in [0.25, 0.3) is 0 Å². The largest absolute Gasteiger partial charge is 0.317 e. The van der Waals surface area contributed by atoms with E-state index in [1.54, 1.807) is 0 Å². The van der Waals surface area contributed by atoms with Gasteiger partial charge in [0.15, 0.2) is 0 Å². The Morgan fingerprint density at radius 3 is 2.88 bits per heavy atom. The Balaban J connectivity index is 1.77. The van der Waals surface area contributed by atoms with Crippen molar-refractivity contribution in [1.29, 1.82) is 0 Å². The molecule has 1 saturated heterocycles. The SMILES string of the molecule is CC1(CNCc2sccc2Br)CCNCC1. The molecule has 2 nitrogen and oxygen atoms in total. The van der Waals surface area contributed by atoms with E-state index in [0.717, 1.165) is 13.1 Å². The fraction of sp³-hybridized carbons (Fsp3) is 0.667. The van der Waals surface area contributed by atoms with Gasteiger partial charge in [-0.1, -0.05) is 6.92 Å². The molecule has 0 radical (unpaired) electrons. The van der Waals surface area contributed by atoms with E-state index in [1.807, 2.05) is 11.3 Å². The molecule has 0 unspecified atom stereocenters. The molecule has 1 aromatic heterocycles. The highest BCUT2D eigenvalue weighted by Gasteiger charge is 2.25. The van der Waals surface area contributed by atoms with Crippen LogP contribution in [0.2, 0.25) is 0 Å². The van der Waals surface area contributed by atoms with Gasteiger partial charge in [-0.2, -0.15) is 0 Å². The third-order valence-corrected chi connectivity index (χ3v) is 5.27. The minimum atomic E-state index is 0.481. The highest BCUT2D eigenvalue weighted by atomic mass is 79.9. The first-order valence-corrected chi connectivity index (χ1v) is 7.50. The Kier molecular flexibility index (Phi) is 4.41. The molecule has 1 aliphatic heterocycles. The van der Waals surface area contributed by atoms with Crippen LogP contribution in [0.1, 0.15) is 24.6 Å². The first-order valence-electron chi connectivity index (χ1n) is 5.83. The lowest BCUT2D eigenvalue weighted by molar-refractivity contribution is 0.220. The van der Waals surface area contributed by atoms with Crippen molar-refractivity contribution in [1.82, 2.24) is 10.6 Å². The van der Waals surface area contributed by atoms with Crippen molar-refractivity contribution in [2.75, 3.05) is 19.6 Å². The van der Waals surface area contributed by atoms with Gasteiger partial charge < -0.3 is 10.6 Å². The molecule has 2 heterocycles. The van der Waals surface area contributed by atoms with Gasteiger partial charge in [-0.25, -0.2) is 0 Å². The van der Waals surface area contributed by atoms with Gasteiger partial charge >= 0.3 is 0 Å². The summed E-state index contributed by atoms with van der Waals surface area (Å²) in [6, 6.07) is 2.12. The molecule has 0 aliphatic carbocycles. The van der Waals surface area contributed by atoms with Crippen molar-refractivity contribution in [2.45, 2.75) is 26.3 Å². The van der Waals surface area contributed by atoms with Gasteiger partial charge in [0.1, 0.15) is 0 Å². The second-order valence-electron chi connectivity index (χ2n) is 4.86. The number of halogens is 1. The maximum absolute atomic E-state index is 3.59. The molecule has 1 fully saturated rings. The summed E-state index contributed by atoms with van der Waals surface area (Å²) in [5.74, 6) is 0. The van der Waals surface area contributed by atoms with Crippen LogP contribution < -0.4 is 10.6 Å². The molecule has 2 N–H and O–H groups in total. The van der Waals surface area contributed by atoms with E-state index in [9.17, 15) is 0 Å². The number of hydrogen-bond donors (Lipinski definition) is 2. The number of thiophene rings is 1. The van der Waals surface area contributed by atoms with Crippen molar-refractivity contribution in [2.24, 2.45) is 5.41 Å². The van der Waals surface area contributed by atoms with Crippen molar-refractivity contribution >= 4 is 27.3 Å². The molecule has 0 saturated carbocycles. The third kappa shape index (κ3) is 3.29. The normalized spacial score (nSPS) is 19.9. The molecule has 90 valence electrons. The van der Waals surface area contributed by atoms with E-state index in [1.165, 1.54) is 35.3 Å². The van der Waals surface area contributed by atoms with Crippen LogP contribution >= 0.6 is 27.3 Å². The first kappa shape index (κ1) is 12.6. The Hall–Kier alpha value is 0.1000. The molecule has 2 rings (SSSR count). The van der Waals surface area contributed by atoms with Crippen LogP contribution in [0.3, 0.4) is 0 Å². The predicted molar refractivity (Wildman–Crippen MR) is 73.9 cm³/mol. The van der Waals surface area contributed by atoms with E-state index in [2.05, 4.69) is 44.9 Å². The average Bonchev–Trinajstić information content (AvgIpc) is 2.65. The van der Waals surface area contributed by atoms with E-state index in [0.29, 0.717) is 5.41 Å². The summed E-state index contributed by atoms with van der Waals surface area (Å²) in [6.45, 7) is 6.84. The average molecular weight is 303 g/mol. The summed E-state index contributed by atoms with van der Waals surface area (Å²) in [4.78, 5) is 1.40. The monoisotopic (exact) mass is 302 g/mol. The lowest BCUT2D eigenvalue weighted by Crippen LogP contribution is -2.41. The molecular formula is C12H19BrN2S. The minimum absolute atomic E-state index is 0.481. The van der Waals surface area contributed by atoms with Gasteiger partial charge in [0.05, 0.1) is 0 Å². The molecule has 4 heteroatoms. The molecule has 1 aliphatic rings. The molecule has 0 bridgehead atoms. The molecule has 0 spiro atoms. The van der Waals surface area contributed by atoms with Crippen LogP contribution in [0.4, 0.5) is 0 Å². The van der Waals surface area contributed by atoms with Crippen LogP contribution in [0, 0.1) is 5.41 Å². The second kappa shape index (κ2) is 5.63. The number of nitrogens with one attached hydrogen (secondary N) is 2. The van der Waals surface area contributed by atoms with Crippen LogP contribution in [-0.2, 0) is 6.54 Å². The number of hydrogen-bond acceptors (Lipinski definition) is 3. The molecule has 16 heavy (non-hydrogen) atoms. The van der Waals surface area contributed by atoms with Gasteiger partial charge in [-0.15, -0.1) is 11.3 Å². The van der Waals surface area contributed by atoms with E-state index in [-0.39, 0.29) is 0 Å². The van der Waals surface area contributed by atoms with Crippen molar-refractivity contribution in [3.8, 4) is 0 Å². The molecular weight excluding hydrogens is 284 g/mol. The van der Waals surface area contributed by atoms with Crippen LogP contribution in [-0.4, -0.2) is 19.6 Å². The lowest BCUT2D eigenvalue weighted by atomic mass is 9.81. The Morgan fingerprint density at radius 1 is 1.50 bits per heavy atom. The third-order valence-electron chi connectivity index (χ3n) is 3.34. The van der Waals surface area contributed by atoms with Crippen LogP contribution in [0.5, 0.6) is 0 Å². The minimum Gasteiger partial charge on any atom is -0.317 e. The first-order chi connectivity index (χ1) is 7.70. The van der Waals surface area contributed by atoms with Gasteiger partial charge in [-0.3, -0.25) is 0 Å². The topological polar surface area (TPSA) is 24.1 Å². The summed E-state index contributed by atoms with van der Waals surface area (Å²) in [6.07, 6.45) is 2.57. The standard InChI is InChI=1S/C12H19BrN2S/c1-12(3-5-14-6-4-12)9-15-8-11-10(13)2-7-16-11/h2,7,14-15H,3-6,8-9H2,1H3.